The smallest absolute Gasteiger partial charge is 0.281 e. The lowest BCUT2D eigenvalue weighted by Gasteiger charge is -2.12. The first kappa shape index (κ1) is 22.1. The maximum Gasteiger partial charge on any atom is 0.281 e. The molecule has 3 N–H and O–H groups in total. The second kappa shape index (κ2) is 9.30. The summed E-state index contributed by atoms with van der Waals surface area (Å²) < 4.78 is 12.7. The number of nitrogens with one attached hydrogen (secondary N) is 1. The summed E-state index contributed by atoms with van der Waals surface area (Å²) in [6, 6.07) is 21.0. The number of hydrogen-bond acceptors (Lipinski definition) is 7. The van der Waals surface area contributed by atoms with Gasteiger partial charge in [0.05, 0.1) is 25.8 Å². The van der Waals surface area contributed by atoms with E-state index in [-0.39, 0.29) is 11.1 Å². The third kappa shape index (κ3) is 4.43. The molecule has 0 saturated carbocycles. The third-order valence-corrected chi connectivity index (χ3v) is 5.62. The first-order chi connectivity index (χ1) is 17.1. The van der Waals surface area contributed by atoms with Gasteiger partial charge in [0.1, 0.15) is 17.3 Å². The van der Waals surface area contributed by atoms with Crippen LogP contribution >= 0.6 is 0 Å². The molecule has 9 heteroatoms. The molecule has 0 fully saturated rings. The first-order valence-corrected chi connectivity index (χ1v) is 11.2. The molecule has 5 aromatic rings. The molecular formula is C26H24N6O3. The molecule has 0 unspecified atom stereocenters. The number of nitrogens with two attached hydrogens (primary N) is 1. The van der Waals surface area contributed by atoms with Crippen LogP contribution in [-0.2, 0) is 6.54 Å². The van der Waals surface area contributed by atoms with Gasteiger partial charge < -0.3 is 20.2 Å². The zero-order valence-corrected chi connectivity index (χ0v) is 19.4. The minimum Gasteiger partial charge on any atom is -0.497 e. The Kier molecular flexibility index (Phi) is 5.88. The van der Waals surface area contributed by atoms with Crippen LogP contribution in [0.3, 0.4) is 0 Å². The lowest BCUT2D eigenvalue weighted by Crippen LogP contribution is -2.12. The number of anilines is 1. The highest BCUT2D eigenvalue weighted by atomic mass is 16.5. The summed E-state index contributed by atoms with van der Waals surface area (Å²) in [6.45, 7) is 2.77. The lowest BCUT2D eigenvalue weighted by atomic mass is 10.0. The SMILES string of the molecule is CCOc1cc(-c2cccc(N)c2)ccc1-c1nc2c(nnn2Cc2ccc(OC)cc2)c(=O)[nH]1. The van der Waals surface area contributed by atoms with E-state index in [1.807, 2.05) is 73.7 Å². The summed E-state index contributed by atoms with van der Waals surface area (Å²) in [5, 5.41) is 8.20. The molecule has 9 nitrogen and oxygen atoms in total. The van der Waals surface area contributed by atoms with Crippen molar-refractivity contribution in [2.45, 2.75) is 13.5 Å². The summed E-state index contributed by atoms with van der Waals surface area (Å²) in [6.07, 6.45) is 0. The molecule has 2 heterocycles. The van der Waals surface area contributed by atoms with Gasteiger partial charge in [-0.05, 0) is 60.0 Å². The monoisotopic (exact) mass is 468 g/mol. The van der Waals surface area contributed by atoms with E-state index in [9.17, 15) is 4.79 Å². The molecule has 2 aromatic heterocycles. The van der Waals surface area contributed by atoms with Gasteiger partial charge in [0.15, 0.2) is 11.2 Å². The van der Waals surface area contributed by atoms with Crippen LogP contribution in [0.2, 0.25) is 0 Å². The van der Waals surface area contributed by atoms with Crippen molar-refractivity contribution in [2.75, 3.05) is 19.5 Å². The van der Waals surface area contributed by atoms with Gasteiger partial charge in [-0.3, -0.25) is 4.79 Å². The zero-order valence-electron chi connectivity index (χ0n) is 19.4. The Morgan fingerprint density at radius 3 is 2.57 bits per heavy atom. The molecule has 0 bridgehead atoms. The van der Waals surface area contributed by atoms with Crippen molar-refractivity contribution in [3.8, 4) is 34.0 Å². The number of methoxy groups -OCH3 is 1. The highest BCUT2D eigenvalue weighted by molar-refractivity contribution is 5.77. The van der Waals surface area contributed by atoms with Crippen molar-refractivity contribution in [3.05, 3.63) is 82.6 Å². The van der Waals surface area contributed by atoms with Crippen LogP contribution in [-0.4, -0.2) is 38.7 Å². The fraction of sp³-hybridized carbons (Fsp3) is 0.154. The number of aromatic amines is 1. The second-order valence-electron chi connectivity index (χ2n) is 7.95. The largest absolute Gasteiger partial charge is 0.497 e. The molecule has 35 heavy (non-hydrogen) atoms. The third-order valence-electron chi connectivity index (χ3n) is 5.62. The summed E-state index contributed by atoms with van der Waals surface area (Å²) in [5.74, 6) is 1.74. The van der Waals surface area contributed by atoms with Crippen LogP contribution in [0.4, 0.5) is 5.69 Å². The maximum atomic E-state index is 12.8. The molecule has 3 aromatic carbocycles. The van der Waals surface area contributed by atoms with Gasteiger partial charge in [-0.1, -0.05) is 35.5 Å². The van der Waals surface area contributed by atoms with E-state index >= 15 is 0 Å². The zero-order chi connectivity index (χ0) is 24.4. The van der Waals surface area contributed by atoms with Gasteiger partial charge >= 0.3 is 0 Å². The molecular weight excluding hydrogens is 444 g/mol. The van der Waals surface area contributed by atoms with Gasteiger partial charge in [-0.25, -0.2) is 9.67 Å². The van der Waals surface area contributed by atoms with Crippen molar-refractivity contribution in [2.24, 2.45) is 0 Å². The maximum absolute atomic E-state index is 12.8. The number of fused-ring (bicyclic) bond motifs is 1. The average molecular weight is 469 g/mol. The Labute approximate surface area is 201 Å². The fourth-order valence-electron chi connectivity index (χ4n) is 3.89. The van der Waals surface area contributed by atoms with Crippen LogP contribution in [0.15, 0.2) is 71.5 Å². The number of hydrogen-bond donors (Lipinski definition) is 2. The van der Waals surface area contributed by atoms with Crippen LogP contribution in [0, 0.1) is 0 Å². The molecule has 0 aliphatic heterocycles. The van der Waals surface area contributed by atoms with Gasteiger partial charge in [0.25, 0.3) is 5.56 Å². The normalized spacial score (nSPS) is 11.0. The average Bonchev–Trinajstić information content (AvgIpc) is 3.28. The summed E-state index contributed by atoms with van der Waals surface area (Å²) in [7, 11) is 1.62. The minimum atomic E-state index is -0.367. The van der Waals surface area contributed by atoms with E-state index in [2.05, 4.69) is 15.3 Å². The summed E-state index contributed by atoms with van der Waals surface area (Å²) in [5.41, 5.74) is 10.4. The highest BCUT2D eigenvalue weighted by Crippen LogP contribution is 2.33. The van der Waals surface area contributed by atoms with Gasteiger partial charge in [0, 0.05) is 5.69 Å². The van der Waals surface area contributed by atoms with Crippen molar-refractivity contribution in [3.63, 3.8) is 0 Å². The van der Waals surface area contributed by atoms with Crippen LogP contribution in [0.1, 0.15) is 12.5 Å². The van der Waals surface area contributed by atoms with E-state index in [4.69, 9.17) is 20.2 Å². The van der Waals surface area contributed by atoms with Gasteiger partial charge in [-0.2, -0.15) is 0 Å². The number of rotatable bonds is 7. The lowest BCUT2D eigenvalue weighted by molar-refractivity contribution is 0.341. The first-order valence-electron chi connectivity index (χ1n) is 11.2. The predicted octanol–water partition coefficient (Wildman–Crippen LogP) is 3.89. The Hall–Kier alpha value is -4.66. The number of nitrogens with zero attached hydrogens (tertiary/aromatic N) is 4. The van der Waals surface area contributed by atoms with Crippen molar-refractivity contribution in [1.29, 1.82) is 0 Å². The molecule has 176 valence electrons. The molecule has 0 atom stereocenters. The van der Waals surface area contributed by atoms with Crippen LogP contribution in [0.25, 0.3) is 33.7 Å². The quantitative estimate of drug-likeness (QED) is 0.348. The van der Waals surface area contributed by atoms with E-state index in [1.54, 1.807) is 11.8 Å². The molecule has 0 spiro atoms. The fourth-order valence-corrected chi connectivity index (χ4v) is 3.89. The Morgan fingerprint density at radius 2 is 1.83 bits per heavy atom. The minimum absolute atomic E-state index is 0.177. The molecule has 0 radical (unpaired) electrons. The van der Waals surface area contributed by atoms with Crippen LogP contribution < -0.4 is 20.8 Å². The highest BCUT2D eigenvalue weighted by Gasteiger charge is 2.17. The van der Waals surface area contributed by atoms with E-state index in [0.717, 1.165) is 22.4 Å². The summed E-state index contributed by atoms with van der Waals surface area (Å²) in [4.78, 5) is 20.4. The predicted molar refractivity (Wildman–Crippen MR) is 134 cm³/mol. The number of benzene rings is 3. The van der Waals surface area contributed by atoms with Crippen LogP contribution in [0.5, 0.6) is 11.5 Å². The Bertz CT molecular complexity index is 1560. The van der Waals surface area contributed by atoms with E-state index in [0.29, 0.717) is 41.6 Å². The topological polar surface area (TPSA) is 121 Å². The molecule has 0 aliphatic rings. The Balaban J connectivity index is 1.57. The van der Waals surface area contributed by atoms with E-state index in [1.165, 1.54) is 0 Å². The standard InChI is InChI=1S/C26H24N6O3/c1-3-35-22-14-18(17-5-4-6-19(27)13-17)9-12-21(22)24-28-25-23(26(33)29-24)30-31-32(25)15-16-7-10-20(34-2)11-8-16/h4-14H,3,15,27H2,1-2H3,(H,28,29,33). The van der Waals surface area contributed by atoms with Gasteiger partial charge in [-0.15, -0.1) is 5.10 Å². The van der Waals surface area contributed by atoms with Gasteiger partial charge in [0.2, 0.25) is 0 Å². The number of H-pyrrole nitrogens is 1. The molecule has 0 aliphatic carbocycles. The Morgan fingerprint density at radius 1 is 1.03 bits per heavy atom. The van der Waals surface area contributed by atoms with Crippen molar-refractivity contribution < 1.29 is 9.47 Å². The van der Waals surface area contributed by atoms with Crippen molar-refractivity contribution >= 4 is 16.9 Å². The number of ether oxygens (including phenoxy) is 2. The van der Waals surface area contributed by atoms with Crippen molar-refractivity contribution in [1.82, 2.24) is 25.0 Å². The number of aromatic nitrogens is 5. The summed E-state index contributed by atoms with van der Waals surface area (Å²) >= 11 is 0. The second-order valence-corrected chi connectivity index (χ2v) is 7.95. The number of nitrogen functional groups attached to an aromatic ring is 1. The molecule has 5 rings (SSSR count). The molecule has 0 saturated heterocycles. The molecule has 0 amide bonds. The van der Waals surface area contributed by atoms with E-state index < -0.39 is 0 Å².